The highest BCUT2D eigenvalue weighted by atomic mass is 32.2. The smallest absolute Gasteiger partial charge is 0.231 e. The number of aromatic nitrogens is 3. The van der Waals surface area contributed by atoms with Crippen molar-refractivity contribution in [2.75, 3.05) is 17.7 Å². The van der Waals surface area contributed by atoms with Gasteiger partial charge in [0.2, 0.25) is 11.8 Å². The predicted molar refractivity (Wildman–Crippen MR) is 145 cm³/mol. The van der Waals surface area contributed by atoms with Crippen LogP contribution in [-0.4, -0.2) is 41.9 Å². The minimum Gasteiger partial charge on any atom is -0.494 e. The van der Waals surface area contributed by atoms with Crippen molar-refractivity contribution >= 4 is 32.5 Å². The Bertz CT molecular complexity index is 1690. The van der Waals surface area contributed by atoms with Crippen molar-refractivity contribution < 1.29 is 22.4 Å². The molecule has 1 amide bonds. The molecule has 5 aromatic rings. The molecule has 2 aromatic heterocycles. The largest absolute Gasteiger partial charge is 0.494 e. The number of fused-ring (bicyclic) bond motifs is 1. The molecule has 10 heteroatoms. The maximum Gasteiger partial charge on any atom is 0.231 e. The Labute approximate surface area is 219 Å². The number of hydrogen-bond acceptors (Lipinski definition) is 7. The first-order valence-corrected chi connectivity index (χ1v) is 13.8. The van der Waals surface area contributed by atoms with E-state index in [1.54, 1.807) is 31.3 Å². The second-order valence-electron chi connectivity index (χ2n) is 8.58. The van der Waals surface area contributed by atoms with Crippen LogP contribution in [0, 0.1) is 0 Å². The Balaban J connectivity index is 1.31. The van der Waals surface area contributed by atoms with E-state index in [1.807, 2.05) is 43.3 Å². The van der Waals surface area contributed by atoms with E-state index in [4.69, 9.17) is 9.15 Å². The third-order valence-electron chi connectivity index (χ3n) is 6.01. The van der Waals surface area contributed by atoms with Crippen LogP contribution >= 0.6 is 0 Å². The highest BCUT2D eigenvalue weighted by molar-refractivity contribution is 7.91. The van der Waals surface area contributed by atoms with Gasteiger partial charge in [0, 0.05) is 17.4 Å². The number of aromatic amines is 1. The maximum absolute atomic E-state index is 12.5. The fourth-order valence-electron chi connectivity index (χ4n) is 4.03. The number of nitrogens with zero attached hydrogens (tertiary/aromatic N) is 2. The van der Waals surface area contributed by atoms with E-state index < -0.39 is 9.84 Å². The zero-order chi connectivity index (χ0) is 26.7. The molecule has 2 heterocycles. The average molecular weight is 531 g/mol. The lowest BCUT2D eigenvalue weighted by atomic mass is 10.1. The van der Waals surface area contributed by atoms with E-state index in [9.17, 15) is 13.2 Å². The number of hydrogen-bond donors (Lipinski definition) is 2. The fraction of sp³-hybridized carbons (Fsp3) is 0.179. The standard InChI is InChI=1S/C28H26N4O5S/c1-3-36-21-11-5-18(6-12-21)15-26(33)30-20-9-7-19(8-10-20)27-23(17-29-32-27)28-31-24-16-22(38(34,35)4-2)13-14-25(24)37-28/h5-14,16-17H,3-4,15H2,1-2H3,(H,29,32)(H,30,33). The number of carbonyl (C=O) groups excluding carboxylic acids is 1. The predicted octanol–water partition coefficient (Wildman–Crippen LogP) is 5.26. The minimum atomic E-state index is -3.36. The van der Waals surface area contributed by atoms with Gasteiger partial charge in [-0.15, -0.1) is 0 Å². The molecular formula is C28H26N4O5S. The molecule has 0 atom stereocenters. The summed E-state index contributed by atoms with van der Waals surface area (Å²) < 4.78 is 35.8. The zero-order valence-corrected chi connectivity index (χ0v) is 21.7. The van der Waals surface area contributed by atoms with E-state index in [0.717, 1.165) is 16.9 Å². The Hall–Kier alpha value is -4.44. The summed E-state index contributed by atoms with van der Waals surface area (Å²) in [4.78, 5) is 17.2. The van der Waals surface area contributed by atoms with Crippen LogP contribution in [0.1, 0.15) is 19.4 Å². The van der Waals surface area contributed by atoms with Crippen molar-refractivity contribution in [3.63, 3.8) is 0 Å². The van der Waals surface area contributed by atoms with Crippen LogP contribution in [0.2, 0.25) is 0 Å². The highest BCUT2D eigenvalue weighted by Gasteiger charge is 2.19. The summed E-state index contributed by atoms with van der Waals surface area (Å²) in [7, 11) is -3.36. The number of carbonyl (C=O) groups is 1. The third-order valence-corrected chi connectivity index (χ3v) is 7.74. The average Bonchev–Trinajstić information content (AvgIpc) is 3.57. The molecule has 0 fully saturated rings. The summed E-state index contributed by atoms with van der Waals surface area (Å²) in [6.45, 7) is 4.12. The Morgan fingerprint density at radius 3 is 2.50 bits per heavy atom. The lowest BCUT2D eigenvalue weighted by Crippen LogP contribution is -2.14. The monoisotopic (exact) mass is 530 g/mol. The normalized spacial score (nSPS) is 11.5. The van der Waals surface area contributed by atoms with Gasteiger partial charge in [-0.2, -0.15) is 5.10 Å². The van der Waals surface area contributed by atoms with Gasteiger partial charge < -0.3 is 14.5 Å². The molecule has 0 aliphatic rings. The second kappa shape index (κ2) is 10.5. The summed E-state index contributed by atoms with van der Waals surface area (Å²) in [5.41, 5.74) is 4.52. The van der Waals surface area contributed by atoms with Crippen LogP contribution in [0.15, 0.2) is 82.2 Å². The van der Waals surface area contributed by atoms with Crippen LogP contribution in [-0.2, 0) is 21.1 Å². The van der Waals surface area contributed by atoms with Gasteiger partial charge in [-0.3, -0.25) is 9.89 Å². The summed E-state index contributed by atoms with van der Waals surface area (Å²) >= 11 is 0. The SMILES string of the molecule is CCOc1ccc(CC(=O)Nc2ccc(-c3n[nH]cc3-c3nc4cc(S(=O)(=O)CC)ccc4o3)cc2)cc1. The van der Waals surface area contributed by atoms with E-state index in [-0.39, 0.29) is 23.0 Å². The summed E-state index contributed by atoms with van der Waals surface area (Å²) in [5.74, 6) is 0.977. The van der Waals surface area contributed by atoms with Crippen LogP contribution in [0.3, 0.4) is 0 Å². The van der Waals surface area contributed by atoms with Gasteiger partial charge in [0.25, 0.3) is 0 Å². The number of nitrogens with one attached hydrogen (secondary N) is 2. The van der Waals surface area contributed by atoms with Gasteiger partial charge in [-0.05, 0) is 55.0 Å². The molecule has 3 aromatic carbocycles. The van der Waals surface area contributed by atoms with Gasteiger partial charge >= 0.3 is 0 Å². The first-order chi connectivity index (χ1) is 18.4. The highest BCUT2D eigenvalue weighted by Crippen LogP contribution is 2.33. The van der Waals surface area contributed by atoms with Gasteiger partial charge in [0.05, 0.1) is 29.2 Å². The van der Waals surface area contributed by atoms with Crippen LogP contribution < -0.4 is 10.1 Å². The summed E-state index contributed by atoms with van der Waals surface area (Å²) in [5, 5.41) is 10.1. The number of anilines is 1. The number of rotatable bonds is 9. The van der Waals surface area contributed by atoms with Gasteiger partial charge in [0.1, 0.15) is 17.0 Å². The van der Waals surface area contributed by atoms with E-state index in [0.29, 0.717) is 40.5 Å². The quantitative estimate of drug-likeness (QED) is 0.266. The molecule has 0 aliphatic carbocycles. The molecule has 0 saturated carbocycles. The fourth-order valence-corrected chi connectivity index (χ4v) is 4.93. The van der Waals surface area contributed by atoms with Gasteiger partial charge in [0.15, 0.2) is 15.4 Å². The molecule has 2 N–H and O–H groups in total. The van der Waals surface area contributed by atoms with Gasteiger partial charge in [-0.25, -0.2) is 13.4 Å². The Morgan fingerprint density at radius 1 is 1.03 bits per heavy atom. The molecule has 9 nitrogen and oxygen atoms in total. The van der Waals surface area contributed by atoms with Crippen LogP contribution in [0.5, 0.6) is 5.75 Å². The molecule has 5 rings (SSSR count). The van der Waals surface area contributed by atoms with Crippen molar-refractivity contribution in [2.24, 2.45) is 0 Å². The second-order valence-corrected chi connectivity index (χ2v) is 10.9. The Morgan fingerprint density at radius 2 is 1.79 bits per heavy atom. The molecule has 0 aliphatic heterocycles. The number of sulfone groups is 1. The number of oxazole rings is 1. The zero-order valence-electron chi connectivity index (χ0n) is 20.9. The number of benzene rings is 3. The minimum absolute atomic E-state index is 0.00706. The molecule has 0 unspecified atom stereocenters. The molecule has 0 spiro atoms. The van der Waals surface area contributed by atoms with Crippen LogP contribution in [0.25, 0.3) is 33.8 Å². The first-order valence-electron chi connectivity index (χ1n) is 12.2. The maximum atomic E-state index is 12.5. The van der Waals surface area contributed by atoms with E-state index in [1.165, 1.54) is 12.1 Å². The number of H-pyrrole nitrogens is 1. The van der Waals surface area contributed by atoms with E-state index >= 15 is 0 Å². The van der Waals surface area contributed by atoms with Crippen molar-refractivity contribution in [1.82, 2.24) is 15.2 Å². The molecule has 38 heavy (non-hydrogen) atoms. The Kier molecular flexibility index (Phi) is 6.97. The molecule has 0 radical (unpaired) electrons. The molecule has 0 saturated heterocycles. The summed E-state index contributed by atoms with van der Waals surface area (Å²) in [6, 6.07) is 19.4. The molecular weight excluding hydrogens is 504 g/mol. The lowest BCUT2D eigenvalue weighted by Gasteiger charge is -2.08. The topological polar surface area (TPSA) is 127 Å². The van der Waals surface area contributed by atoms with Crippen molar-refractivity contribution in [1.29, 1.82) is 0 Å². The van der Waals surface area contributed by atoms with Crippen LogP contribution in [0.4, 0.5) is 5.69 Å². The summed E-state index contributed by atoms with van der Waals surface area (Å²) in [6.07, 6.45) is 1.92. The first kappa shape index (κ1) is 25.2. The van der Waals surface area contributed by atoms with Crippen molar-refractivity contribution in [3.8, 4) is 28.5 Å². The van der Waals surface area contributed by atoms with E-state index in [2.05, 4.69) is 20.5 Å². The number of amides is 1. The van der Waals surface area contributed by atoms with Crippen molar-refractivity contribution in [3.05, 3.63) is 78.5 Å². The molecule has 0 bridgehead atoms. The van der Waals surface area contributed by atoms with Crippen molar-refractivity contribution in [2.45, 2.75) is 25.2 Å². The lowest BCUT2D eigenvalue weighted by molar-refractivity contribution is -0.115. The van der Waals surface area contributed by atoms with Gasteiger partial charge in [-0.1, -0.05) is 31.2 Å². The molecule has 194 valence electrons. The number of ether oxygens (including phenoxy) is 1. The third kappa shape index (κ3) is 5.30.